The number of rotatable bonds is 6. The number of hydrogen-bond acceptors (Lipinski definition) is 4. The van der Waals surface area contributed by atoms with E-state index in [0.717, 1.165) is 16.9 Å². The minimum absolute atomic E-state index is 0.0705. The van der Waals surface area contributed by atoms with E-state index in [0.29, 0.717) is 12.1 Å². The molecule has 1 atom stereocenters. The second kappa shape index (κ2) is 8.06. The molecule has 1 aromatic carbocycles. The fourth-order valence-corrected chi connectivity index (χ4v) is 2.46. The molecule has 2 aromatic heterocycles. The van der Waals surface area contributed by atoms with Gasteiger partial charge in [-0.05, 0) is 30.7 Å². The minimum Gasteiger partial charge on any atom is -0.378 e. The maximum Gasteiger partial charge on any atom is 0.253 e. The Morgan fingerprint density at radius 3 is 2.64 bits per heavy atom. The number of carbonyl (C=O) groups is 1. The monoisotopic (exact) mass is 332 g/mol. The lowest BCUT2D eigenvalue weighted by molar-refractivity contribution is 0.0939. The van der Waals surface area contributed by atoms with E-state index in [1.807, 2.05) is 55.5 Å². The van der Waals surface area contributed by atoms with Crippen molar-refractivity contribution in [1.29, 1.82) is 0 Å². The van der Waals surface area contributed by atoms with Crippen LogP contribution in [0, 0.1) is 0 Å². The lowest BCUT2D eigenvalue weighted by Crippen LogP contribution is -2.26. The van der Waals surface area contributed by atoms with E-state index in [1.54, 1.807) is 24.7 Å². The van der Waals surface area contributed by atoms with Crippen LogP contribution in [0.5, 0.6) is 0 Å². The van der Waals surface area contributed by atoms with Gasteiger partial charge >= 0.3 is 0 Å². The molecule has 0 bridgehead atoms. The summed E-state index contributed by atoms with van der Waals surface area (Å²) >= 11 is 0. The summed E-state index contributed by atoms with van der Waals surface area (Å²) in [5.41, 5.74) is 3.29. The average Bonchev–Trinajstić information content (AvgIpc) is 2.68. The topological polar surface area (TPSA) is 66.9 Å². The molecule has 1 amide bonds. The second-order valence-corrected chi connectivity index (χ2v) is 5.74. The van der Waals surface area contributed by atoms with Crippen molar-refractivity contribution < 1.29 is 4.79 Å². The Bertz CT molecular complexity index is 821. The van der Waals surface area contributed by atoms with E-state index in [-0.39, 0.29) is 11.9 Å². The van der Waals surface area contributed by atoms with Crippen molar-refractivity contribution in [3.63, 3.8) is 0 Å². The second-order valence-electron chi connectivity index (χ2n) is 5.74. The number of carbonyl (C=O) groups excluding carboxylic acids is 1. The third-order valence-corrected chi connectivity index (χ3v) is 3.85. The first-order chi connectivity index (χ1) is 12.2. The van der Waals surface area contributed by atoms with Crippen LogP contribution in [-0.4, -0.2) is 15.9 Å². The van der Waals surface area contributed by atoms with Crippen molar-refractivity contribution >= 4 is 11.6 Å². The van der Waals surface area contributed by atoms with Crippen molar-refractivity contribution in [2.45, 2.75) is 19.5 Å². The molecule has 0 radical (unpaired) electrons. The van der Waals surface area contributed by atoms with Crippen LogP contribution in [0.4, 0.5) is 5.69 Å². The molecule has 0 fully saturated rings. The Morgan fingerprint density at radius 2 is 1.88 bits per heavy atom. The summed E-state index contributed by atoms with van der Waals surface area (Å²) in [4.78, 5) is 20.9. The Hall–Kier alpha value is -3.21. The van der Waals surface area contributed by atoms with Crippen LogP contribution >= 0.6 is 0 Å². The highest BCUT2D eigenvalue weighted by molar-refractivity contribution is 5.94. The van der Waals surface area contributed by atoms with E-state index >= 15 is 0 Å². The third-order valence-electron chi connectivity index (χ3n) is 3.85. The van der Waals surface area contributed by atoms with Crippen LogP contribution in [0.15, 0.2) is 73.2 Å². The van der Waals surface area contributed by atoms with E-state index in [1.165, 1.54) is 0 Å². The zero-order chi connectivity index (χ0) is 17.5. The zero-order valence-corrected chi connectivity index (χ0v) is 14.0. The van der Waals surface area contributed by atoms with E-state index < -0.39 is 0 Å². The molecule has 126 valence electrons. The highest BCUT2D eigenvalue weighted by atomic mass is 16.1. The lowest BCUT2D eigenvalue weighted by Gasteiger charge is -2.14. The summed E-state index contributed by atoms with van der Waals surface area (Å²) in [6.07, 6.45) is 5.02. The van der Waals surface area contributed by atoms with Gasteiger partial charge in [-0.25, -0.2) is 0 Å². The van der Waals surface area contributed by atoms with Gasteiger partial charge in [-0.1, -0.05) is 36.4 Å². The summed E-state index contributed by atoms with van der Waals surface area (Å²) in [6.45, 7) is 2.54. The van der Waals surface area contributed by atoms with Gasteiger partial charge in [0.15, 0.2) is 0 Å². The fourth-order valence-electron chi connectivity index (χ4n) is 2.46. The molecule has 1 unspecified atom stereocenters. The molecular weight excluding hydrogens is 312 g/mol. The first-order valence-corrected chi connectivity index (χ1v) is 8.17. The Balaban J connectivity index is 1.63. The summed E-state index contributed by atoms with van der Waals surface area (Å²) in [5.74, 6) is -0.148. The minimum atomic E-state index is -0.148. The quantitative estimate of drug-likeness (QED) is 0.724. The molecule has 25 heavy (non-hydrogen) atoms. The van der Waals surface area contributed by atoms with Crippen molar-refractivity contribution in [2.75, 3.05) is 5.32 Å². The molecule has 3 rings (SSSR count). The van der Waals surface area contributed by atoms with Crippen LogP contribution in [0.3, 0.4) is 0 Å². The number of benzene rings is 1. The average molecular weight is 332 g/mol. The summed E-state index contributed by atoms with van der Waals surface area (Å²) in [5, 5.41) is 6.23. The van der Waals surface area contributed by atoms with Gasteiger partial charge in [-0.15, -0.1) is 0 Å². The fraction of sp³-hybridized carbons (Fsp3) is 0.150. The van der Waals surface area contributed by atoms with Crippen molar-refractivity contribution in [2.24, 2.45) is 0 Å². The van der Waals surface area contributed by atoms with Crippen LogP contribution in [0.25, 0.3) is 0 Å². The molecule has 0 saturated carbocycles. The highest BCUT2D eigenvalue weighted by Crippen LogP contribution is 2.14. The molecule has 5 heteroatoms. The molecule has 0 aliphatic carbocycles. The standard InChI is InChI=1S/C20H20N4O/c1-15(16-7-3-2-4-8-16)24-20(25)17-11-19(13-21-12-17)23-14-18-9-5-6-10-22-18/h2-13,15,23H,14H2,1H3,(H,24,25). The zero-order valence-electron chi connectivity index (χ0n) is 14.0. The molecular formula is C20H20N4O. The first-order valence-electron chi connectivity index (χ1n) is 8.17. The number of nitrogens with zero attached hydrogens (tertiary/aromatic N) is 2. The van der Waals surface area contributed by atoms with Crippen LogP contribution in [0.2, 0.25) is 0 Å². The largest absolute Gasteiger partial charge is 0.378 e. The molecule has 2 heterocycles. The number of pyridine rings is 2. The molecule has 3 aromatic rings. The van der Waals surface area contributed by atoms with Gasteiger partial charge in [-0.2, -0.15) is 0 Å². The molecule has 0 spiro atoms. The maximum absolute atomic E-state index is 12.5. The molecule has 2 N–H and O–H groups in total. The number of nitrogens with one attached hydrogen (secondary N) is 2. The predicted octanol–water partition coefficient (Wildman–Crippen LogP) is 3.58. The lowest BCUT2D eigenvalue weighted by atomic mass is 10.1. The third kappa shape index (κ3) is 4.64. The maximum atomic E-state index is 12.5. The van der Waals surface area contributed by atoms with Crippen LogP contribution in [0.1, 0.15) is 34.6 Å². The van der Waals surface area contributed by atoms with Crippen molar-refractivity contribution in [3.05, 3.63) is 90.0 Å². The smallest absolute Gasteiger partial charge is 0.253 e. The summed E-state index contributed by atoms with van der Waals surface area (Å²) in [7, 11) is 0. The van der Waals surface area contributed by atoms with Crippen LogP contribution in [-0.2, 0) is 6.54 Å². The van der Waals surface area contributed by atoms with E-state index in [9.17, 15) is 4.79 Å². The highest BCUT2D eigenvalue weighted by Gasteiger charge is 2.12. The molecule has 5 nitrogen and oxygen atoms in total. The van der Waals surface area contributed by atoms with Gasteiger partial charge in [0, 0.05) is 18.6 Å². The van der Waals surface area contributed by atoms with Gasteiger partial charge in [0.2, 0.25) is 0 Å². The Labute approximate surface area is 147 Å². The Kier molecular flexibility index (Phi) is 5.36. The SMILES string of the molecule is CC(NC(=O)c1cncc(NCc2ccccn2)c1)c1ccccc1. The predicted molar refractivity (Wildman–Crippen MR) is 98.1 cm³/mol. The van der Waals surface area contributed by atoms with Gasteiger partial charge in [0.05, 0.1) is 29.5 Å². The summed E-state index contributed by atoms with van der Waals surface area (Å²) in [6, 6.07) is 17.4. The van der Waals surface area contributed by atoms with E-state index in [4.69, 9.17) is 0 Å². The number of anilines is 1. The van der Waals surface area contributed by atoms with Gasteiger partial charge < -0.3 is 10.6 Å². The van der Waals surface area contributed by atoms with Crippen LogP contribution < -0.4 is 10.6 Å². The van der Waals surface area contributed by atoms with Gasteiger partial charge in [0.25, 0.3) is 5.91 Å². The number of hydrogen-bond donors (Lipinski definition) is 2. The Morgan fingerprint density at radius 1 is 1.08 bits per heavy atom. The molecule has 0 aliphatic rings. The summed E-state index contributed by atoms with van der Waals surface area (Å²) < 4.78 is 0. The number of amides is 1. The first kappa shape index (κ1) is 16.6. The number of aromatic nitrogens is 2. The van der Waals surface area contributed by atoms with Gasteiger partial charge in [0.1, 0.15) is 0 Å². The van der Waals surface area contributed by atoms with Gasteiger partial charge in [-0.3, -0.25) is 14.8 Å². The van der Waals surface area contributed by atoms with E-state index in [2.05, 4.69) is 20.6 Å². The van der Waals surface area contributed by atoms with Crippen molar-refractivity contribution in [3.8, 4) is 0 Å². The van der Waals surface area contributed by atoms with Crippen molar-refractivity contribution in [1.82, 2.24) is 15.3 Å². The molecule has 0 saturated heterocycles. The normalized spacial score (nSPS) is 11.6. The molecule has 0 aliphatic heterocycles.